The number of carbonyl (C=O) groups is 4. The van der Waals surface area contributed by atoms with Gasteiger partial charge in [-0.25, -0.2) is 9.59 Å². The number of hydrogen-bond acceptors (Lipinski definition) is 6. The number of aldehydes is 2. The topological polar surface area (TPSA) is 106 Å². The summed E-state index contributed by atoms with van der Waals surface area (Å²) in [5, 5.41) is 1.11. The highest BCUT2D eigenvalue weighted by Crippen LogP contribution is 2.40. The number of aromatic amines is 1. The van der Waals surface area contributed by atoms with Crippen LogP contribution in [0.2, 0.25) is 0 Å². The van der Waals surface area contributed by atoms with E-state index in [4.69, 9.17) is 9.47 Å². The molecule has 3 atom stereocenters. The van der Waals surface area contributed by atoms with E-state index in [0.29, 0.717) is 24.9 Å². The van der Waals surface area contributed by atoms with E-state index in [1.54, 1.807) is 29.2 Å². The summed E-state index contributed by atoms with van der Waals surface area (Å²) in [6, 6.07) is 16.2. The Morgan fingerprint density at radius 2 is 1.72 bits per heavy atom. The summed E-state index contributed by atoms with van der Waals surface area (Å²) < 4.78 is 10.6. The summed E-state index contributed by atoms with van der Waals surface area (Å²) in [4.78, 5) is 53.6. The van der Waals surface area contributed by atoms with E-state index in [2.05, 4.69) is 11.1 Å². The van der Waals surface area contributed by atoms with Crippen molar-refractivity contribution in [1.29, 1.82) is 0 Å². The third-order valence-corrected chi connectivity index (χ3v) is 7.00. The predicted octanol–water partition coefficient (Wildman–Crippen LogP) is 4.49. The Bertz CT molecular complexity index is 1220. The Kier molecular flexibility index (Phi) is 8.15. The van der Waals surface area contributed by atoms with E-state index in [1.165, 1.54) is 7.11 Å². The summed E-state index contributed by atoms with van der Waals surface area (Å²) in [5.74, 6) is -1.16. The molecular formula is C28H30N2O6. The second kappa shape index (κ2) is 11.7. The fourth-order valence-electron chi connectivity index (χ4n) is 5.15. The van der Waals surface area contributed by atoms with Crippen molar-refractivity contribution in [3.8, 4) is 0 Å². The molecule has 8 heteroatoms. The molecule has 1 N–H and O–H groups in total. The molecule has 4 rings (SSSR count). The number of nitrogens with zero attached hydrogens (tertiary/aromatic N) is 1. The first-order valence-electron chi connectivity index (χ1n) is 12.1. The predicted molar refractivity (Wildman–Crippen MR) is 134 cm³/mol. The van der Waals surface area contributed by atoms with Gasteiger partial charge in [-0.2, -0.15) is 0 Å². The number of nitrogens with one attached hydrogen (secondary N) is 1. The van der Waals surface area contributed by atoms with Crippen molar-refractivity contribution in [1.82, 2.24) is 9.88 Å². The molecule has 1 aliphatic rings. The fraction of sp³-hybridized carbons (Fsp3) is 0.357. The molecule has 3 aromatic rings. The molecule has 0 saturated carbocycles. The van der Waals surface area contributed by atoms with Crippen LogP contribution in [-0.4, -0.2) is 54.8 Å². The van der Waals surface area contributed by atoms with Gasteiger partial charge in [0.2, 0.25) is 0 Å². The minimum Gasteiger partial charge on any atom is -0.462 e. The van der Waals surface area contributed by atoms with Crippen LogP contribution in [0.4, 0.5) is 4.79 Å². The molecule has 1 amide bonds. The minimum atomic E-state index is -0.483. The molecule has 0 radical (unpaired) electrons. The van der Waals surface area contributed by atoms with Crippen LogP contribution in [0.15, 0.2) is 54.6 Å². The van der Waals surface area contributed by atoms with E-state index in [9.17, 15) is 19.2 Å². The first-order chi connectivity index (χ1) is 17.6. The summed E-state index contributed by atoms with van der Waals surface area (Å²) in [6.45, 7) is 0.469. The highest BCUT2D eigenvalue weighted by molar-refractivity contribution is 5.89. The lowest BCUT2D eigenvalue weighted by Gasteiger charge is -2.37. The number of para-hydroxylation sites is 1. The van der Waals surface area contributed by atoms with Gasteiger partial charge in [0.05, 0.1) is 25.3 Å². The first kappa shape index (κ1) is 25.2. The lowest BCUT2D eigenvalue weighted by Crippen LogP contribution is -2.41. The molecule has 1 aliphatic heterocycles. The zero-order valence-electron chi connectivity index (χ0n) is 20.2. The maximum atomic E-state index is 12.7. The number of aromatic nitrogens is 1. The van der Waals surface area contributed by atoms with E-state index < -0.39 is 12.1 Å². The van der Waals surface area contributed by atoms with Crippen molar-refractivity contribution in [3.63, 3.8) is 0 Å². The number of amides is 1. The molecule has 8 nitrogen and oxygen atoms in total. The van der Waals surface area contributed by atoms with Crippen LogP contribution >= 0.6 is 0 Å². The van der Waals surface area contributed by atoms with Crippen LogP contribution in [0.25, 0.3) is 10.9 Å². The number of rotatable bonds is 10. The molecule has 0 fully saturated rings. The average molecular weight is 491 g/mol. The highest BCUT2D eigenvalue weighted by atomic mass is 16.5. The Hall–Kier alpha value is -3.94. The maximum absolute atomic E-state index is 12.7. The van der Waals surface area contributed by atoms with E-state index in [-0.39, 0.29) is 37.3 Å². The zero-order chi connectivity index (χ0) is 25.5. The smallest absolute Gasteiger partial charge is 0.410 e. The molecule has 0 saturated heterocycles. The number of H-pyrrole nitrogens is 1. The number of fused-ring (bicyclic) bond motifs is 3. The fourth-order valence-corrected chi connectivity index (χ4v) is 5.15. The van der Waals surface area contributed by atoms with E-state index in [0.717, 1.165) is 34.7 Å². The van der Waals surface area contributed by atoms with Crippen molar-refractivity contribution < 1.29 is 28.7 Å². The molecule has 2 heterocycles. The van der Waals surface area contributed by atoms with Gasteiger partial charge in [0.25, 0.3) is 0 Å². The van der Waals surface area contributed by atoms with Gasteiger partial charge >= 0.3 is 12.1 Å². The molecule has 188 valence electrons. The second-order valence-corrected chi connectivity index (χ2v) is 9.02. The largest absolute Gasteiger partial charge is 0.462 e. The van der Waals surface area contributed by atoms with E-state index >= 15 is 0 Å². The summed E-state index contributed by atoms with van der Waals surface area (Å²) in [5.41, 5.74) is 3.45. The standard InChI is InChI=1S/C28H30N2O6/c1-35-28(34)30-14-11-23-22-9-5-6-10-24(22)29-26(23)25(30)17-20(12-15-31)21(13-16-32)18-36-27(33)19-7-3-2-4-8-19/h2-10,15-16,20-21,25,29H,11-14,17-18H2,1H3/t20-,21-,25+/m1/s1. The Balaban J connectivity index is 1.61. The number of carbonyl (C=O) groups excluding carboxylic acids is 4. The van der Waals surface area contributed by atoms with Crippen LogP contribution in [0, 0.1) is 11.8 Å². The molecule has 0 unspecified atom stereocenters. The van der Waals surface area contributed by atoms with Gasteiger partial charge in [0, 0.05) is 41.9 Å². The third kappa shape index (κ3) is 5.32. The van der Waals surface area contributed by atoms with Crippen molar-refractivity contribution in [2.45, 2.75) is 31.7 Å². The summed E-state index contributed by atoms with van der Waals surface area (Å²) in [7, 11) is 1.35. The number of esters is 1. The normalized spacial score (nSPS) is 16.6. The van der Waals surface area contributed by atoms with Gasteiger partial charge in [-0.1, -0.05) is 36.4 Å². The lowest BCUT2D eigenvalue weighted by atomic mass is 9.81. The van der Waals surface area contributed by atoms with Crippen LogP contribution in [-0.2, 0) is 25.5 Å². The van der Waals surface area contributed by atoms with Gasteiger partial charge in [-0.3, -0.25) is 4.90 Å². The van der Waals surface area contributed by atoms with Gasteiger partial charge in [0.1, 0.15) is 12.6 Å². The number of methoxy groups -OCH3 is 1. The Labute approximate surface area is 209 Å². The quantitative estimate of drug-likeness (QED) is 0.332. The van der Waals surface area contributed by atoms with Gasteiger partial charge < -0.3 is 24.0 Å². The average Bonchev–Trinajstić information content (AvgIpc) is 3.30. The Morgan fingerprint density at radius 1 is 1.03 bits per heavy atom. The molecule has 0 spiro atoms. The minimum absolute atomic E-state index is 0.00449. The number of ether oxygens (including phenoxy) is 2. The van der Waals surface area contributed by atoms with Crippen molar-refractivity contribution in [3.05, 3.63) is 71.4 Å². The lowest BCUT2D eigenvalue weighted by molar-refractivity contribution is -0.112. The highest BCUT2D eigenvalue weighted by Gasteiger charge is 2.37. The van der Waals surface area contributed by atoms with Gasteiger partial charge in [0.15, 0.2) is 0 Å². The Morgan fingerprint density at radius 3 is 2.44 bits per heavy atom. The molecule has 2 aromatic carbocycles. The number of hydrogen-bond donors (Lipinski definition) is 1. The number of benzene rings is 2. The van der Waals surface area contributed by atoms with E-state index in [1.807, 2.05) is 24.3 Å². The first-order valence-corrected chi connectivity index (χ1v) is 12.1. The van der Waals surface area contributed by atoms with Crippen LogP contribution < -0.4 is 0 Å². The molecule has 0 bridgehead atoms. The zero-order valence-corrected chi connectivity index (χ0v) is 20.2. The maximum Gasteiger partial charge on any atom is 0.410 e. The van der Waals surface area contributed by atoms with Gasteiger partial charge in [-0.15, -0.1) is 0 Å². The SMILES string of the molecule is COC(=O)N1CCc2c([nH]c3ccccc23)[C@@H]1C[C@@H](CC=O)[C@H](CC=O)COC(=O)c1ccccc1. The van der Waals surface area contributed by atoms with Gasteiger partial charge in [-0.05, 0) is 42.5 Å². The molecule has 0 aliphatic carbocycles. The second-order valence-electron chi connectivity index (χ2n) is 9.02. The summed E-state index contributed by atoms with van der Waals surface area (Å²) >= 11 is 0. The van der Waals surface area contributed by atoms with Crippen molar-refractivity contribution in [2.24, 2.45) is 11.8 Å². The third-order valence-electron chi connectivity index (χ3n) is 7.00. The van der Waals surface area contributed by atoms with Crippen molar-refractivity contribution >= 4 is 35.5 Å². The molecule has 36 heavy (non-hydrogen) atoms. The monoisotopic (exact) mass is 490 g/mol. The van der Waals surface area contributed by atoms with Crippen LogP contribution in [0.5, 0.6) is 0 Å². The molecular weight excluding hydrogens is 460 g/mol. The molecule has 1 aromatic heterocycles. The van der Waals surface area contributed by atoms with Crippen molar-refractivity contribution in [2.75, 3.05) is 20.3 Å². The van der Waals surface area contributed by atoms with Crippen LogP contribution in [0.3, 0.4) is 0 Å². The van der Waals surface area contributed by atoms with Crippen LogP contribution in [0.1, 0.15) is 46.9 Å². The summed E-state index contributed by atoms with van der Waals surface area (Å²) in [6.07, 6.45) is 2.54.